The molecule has 1 aromatic carbocycles. The molecule has 0 aliphatic heterocycles. The van der Waals surface area contributed by atoms with E-state index in [0.717, 1.165) is 11.1 Å². The van der Waals surface area contributed by atoms with Crippen molar-refractivity contribution < 1.29 is 14.3 Å². The lowest BCUT2D eigenvalue weighted by molar-refractivity contribution is -0.139. The molecule has 0 fully saturated rings. The fraction of sp³-hybridized carbons (Fsp3) is 0.286. The minimum Gasteiger partial charge on any atom is -0.493 e. The molecule has 100 valence electrons. The zero-order chi connectivity index (χ0) is 13.7. The van der Waals surface area contributed by atoms with Gasteiger partial charge in [-0.05, 0) is 11.1 Å². The van der Waals surface area contributed by atoms with Crippen LogP contribution in [0.15, 0.2) is 36.7 Å². The Morgan fingerprint density at radius 3 is 2.63 bits per heavy atom. The Hall–Kier alpha value is -2.30. The second-order valence-corrected chi connectivity index (χ2v) is 4.10. The van der Waals surface area contributed by atoms with Gasteiger partial charge in [-0.1, -0.05) is 24.3 Å². The SMILES string of the molecule is COC(=O)Cc1ccccc1Cn1cc(OC)cn1. The number of esters is 1. The number of methoxy groups -OCH3 is 2. The lowest BCUT2D eigenvalue weighted by atomic mass is 10.0. The number of carbonyl (C=O) groups is 1. The normalized spacial score (nSPS) is 10.2. The summed E-state index contributed by atoms with van der Waals surface area (Å²) in [7, 11) is 3.00. The second-order valence-electron chi connectivity index (χ2n) is 4.10. The number of aromatic nitrogens is 2. The summed E-state index contributed by atoms with van der Waals surface area (Å²) in [4.78, 5) is 11.4. The van der Waals surface area contributed by atoms with Crippen LogP contribution in [0, 0.1) is 0 Å². The van der Waals surface area contributed by atoms with Crippen molar-refractivity contribution in [3.63, 3.8) is 0 Å². The Kier molecular flexibility index (Phi) is 4.18. The van der Waals surface area contributed by atoms with Gasteiger partial charge in [0.05, 0.1) is 39.6 Å². The standard InChI is InChI=1S/C14H16N2O3/c1-18-13-8-15-16(10-13)9-12-6-4-3-5-11(12)7-14(17)19-2/h3-6,8,10H,7,9H2,1-2H3. The van der Waals surface area contributed by atoms with E-state index in [9.17, 15) is 4.79 Å². The average molecular weight is 260 g/mol. The fourth-order valence-electron chi connectivity index (χ4n) is 1.82. The molecule has 5 heteroatoms. The second kappa shape index (κ2) is 6.04. The largest absolute Gasteiger partial charge is 0.493 e. The Morgan fingerprint density at radius 1 is 1.26 bits per heavy atom. The summed E-state index contributed by atoms with van der Waals surface area (Å²) in [5.41, 5.74) is 1.99. The van der Waals surface area contributed by atoms with E-state index in [4.69, 9.17) is 9.47 Å². The van der Waals surface area contributed by atoms with Gasteiger partial charge >= 0.3 is 5.97 Å². The summed E-state index contributed by atoms with van der Waals surface area (Å²) in [6, 6.07) is 7.75. The summed E-state index contributed by atoms with van der Waals surface area (Å²) in [5, 5.41) is 4.20. The molecule has 0 spiro atoms. The number of nitrogens with zero attached hydrogens (tertiary/aromatic N) is 2. The van der Waals surface area contributed by atoms with Gasteiger partial charge in [0.2, 0.25) is 0 Å². The summed E-state index contributed by atoms with van der Waals surface area (Å²) in [6.45, 7) is 0.594. The van der Waals surface area contributed by atoms with Crippen LogP contribution < -0.4 is 4.74 Å². The third kappa shape index (κ3) is 3.34. The Balaban J connectivity index is 2.17. The van der Waals surface area contributed by atoms with Crippen LogP contribution in [-0.4, -0.2) is 30.0 Å². The maximum atomic E-state index is 11.4. The molecule has 0 N–H and O–H groups in total. The first kappa shape index (κ1) is 13.1. The fourth-order valence-corrected chi connectivity index (χ4v) is 1.82. The maximum Gasteiger partial charge on any atom is 0.309 e. The van der Waals surface area contributed by atoms with Gasteiger partial charge in [0.15, 0.2) is 5.75 Å². The molecule has 0 radical (unpaired) electrons. The third-order valence-corrected chi connectivity index (χ3v) is 2.86. The molecule has 19 heavy (non-hydrogen) atoms. The first-order chi connectivity index (χ1) is 9.22. The monoisotopic (exact) mass is 260 g/mol. The lowest BCUT2D eigenvalue weighted by Gasteiger charge is -2.08. The predicted molar refractivity (Wildman–Crippen MR) is 70.0 cm³/mol. The summed E-state index contributed by atoms with van der Waals surface area (Å²) in [6.07, 6.45) is 3.74. The first-order valence-electron chi connectivity index (χ1n) is 5.93. The molecule has 5 nitrogen and oxygen atoms in total. The topological polar surface area (TPSA) is 53.4 Å². The summed E-state index contributed by atoms with van der Waals surface area (Å²) < 4.78 is 11.6. The molecule has 0 bridgehead atoms. The van der Waals surface area contributed by atoms with Crippen LogP contribution >= 0.6 is 0 Å². The highest BCUT2D eigenvalue weighted by Crippen LogP contribution is 2.14. The van der Waals surface area contributed by atoms with E-state index in [-0.39, 0.29) is 12.4 Å². The molecule has 0 aliphatic rings. The Bertz CT molecular complexity index is 563. The first-order valence-corrected chi connectivity index (χ1v) is 5.93. The van der Waals surface area contributed by atoms with E-state index < -0.39 is 0 Å². The Labute approximate surface area is 111 Å². The van der Waals surface area contributed by atoms with Gasteiger partial charge in [-0.3, -0.25) is 9.48 Å². The highest BCUT2D eigenvalue weighted by atomic mass is 16.5. The third-order valence-electron chi connectivity index (χ3n) is 2.86. The van der Waals surface area contributed by atoms with E-state index in [2.05, 4.69) is 5.10 Å². The highest BCUT2D eigenvalue weighted by molar-refractivity contribution is 5.72. The number of ether oxygens (including phenoxy) is 2. The molecular weight excluding hydrogens is 244 g/mol. The molecular formula is C14H16N2O3. The van der Waals surface area contributed by atoms with Gasteiger partial charge in [-0.25, -0.2) is 0 Å². The molecule has 0 saturated heterocycles. The summed E-state index contributed by atoms with van der Waals surface area (Å²) >= 11 is 0. The zero-order valence-corrected chi connectivity index (χ0v) is 11.0. The minimum atomic E-state index is -0.245. The van der Waals surface area contributed by atoms with Crippen molar-refractivity contribution in [3.05, 3.63) is 47.8 Å². The van der Waals surface area contributed by atoms with Crippen molar-refractivity contribution in [3.8, 4) is 5.75 Å². The van der Waals surface area contributed by atoms with E-state index >= 15 is 0 Å². The molecule has 2 rings (SSSR count). The van der Waals surface area contributed by atoms with E-state index in [1.807, 2.05) is 30.5 Å². The molecule has 0 atom stereocenters. The van der Waals surface area contributed by atoms with E-state index in [0.29, 0.717) is 12.3 Å². The maximum absolute atomic E-state index is 11.4. The summed E-state index contributed by atoms with van der Waals surface area (Å²) in [5.74, 6) is 0.468. The zero-order valence-electron chi connectivity index (χ0n) is 11.0. The van der Waals surface area contributed by atoms with Crippen molar-refractivity contribution in [2.45, 2.75) is 13.0 Å². The Morgan fingerprint density at radius 2 is 2.00 bits per heavy atom. The van der Waals surface area contributed by atoms with Crippen molar-refractivity contribution in [1.82, 2.24) is 9.78 Å². The number of benzene rings is 1. The molecule has 1 aromatic heterocycles. The van der Waals surface area contributed by atoms with Gasteiger partial charge in [0.1, 0.15) is 0 Å². The van der Waals surface area contributed by atoms with E-state index in [1.54, 1.807) is 18.0 Å². The molecule has 0 unspecified atom stereocenters. The predicted octanol–water partition coefficient (Wildman–Crippen LogP) is 1.66. The average Bonchev–Trinajstić information content (AvgIpc) is 2.88. The molecule has 0 amide bonds. The van der Waals surface area contributed by atoms with Crippen molar-refractivity contribution >= 4 is 5.97 Å². The number of hydrogen-bond donors (Lipinski definition) is 0. The molecule has 1 heterocycles. The van der Waals surface area contributed by atoms with Crippen LogP contribution in [0.3, 0.4) is 0 Å². The van der Waals surface area contributed by atoms with Gasteiger partial charge in [0.25, 0.3) is 0 Å². The van der Waals surface area contributed by atoms with Crippen LogP contribution in [0.2, 0.25) is 0 Å². The smallest absolute Gasteiger partial charge is 0.309 e. The van der Waals surface area contributed by atoms with Crippen LogP contribution in [0.4, 0.5) is 0 Å². The van der Waals surface area contributed by atoms with Crippen molar-refractivity contribution in [2.75, 3.05) is 14.2 Å². The number of carbonyl (C=O) groups excluding carboxylic acids is 1. The van der Waals surface area contributed by atoms with Crippen molar-refractivity contribution in [1.29, 1.82) is 0 Å². The van der Waals surface area contributed by atoms with Gasteiger partial charge < -0.3 is 9.47 Å². The van der Waals surface area contributed by atoms with Gasteiger partial charge in [-0.2, -0.15) is 5.10 Å². The quantitative estimate of drug-likeness (QED) is 0.767. The highest BCUT2D eigenvalue weighted by Gasteiger charge is 2.08. The van der Waals surface area contributed by atoms with Crippen molar-refractivity contribution in [2.24, 2.45) is 0 Å². The molecule has 0 saturated carbocycles. The number of rotatable bonds is 5. The van der Waals surface area contributed by atoms with Crippen LogP contribution in [0.25, 0.3) is 0 Å². The van der Waals surface area contributed by atoms with Gasteiger partial charge in [-0.15, -0.1) is 0 Å². The van der Waals surface area contributed by atoms with Gasteiger partial charge in [0, 0.05) is 0 Å². The molecule has 2 aromatic rings. The van der Waals surface area contributed by atoms with Crippen LogP contribution in [0.1, 0.15) is 11.1 Å². The van der Waals surface area contributed by atoms with Crippen LogP contribution in [0.5, 0.6) is 5.75 Å². The van der Waals surface area contributed by atoms with E-state index in [1.165, 1.54) is 7.11 Å². The van der Waals surface area contributed by atoms with Crippen LogP contribution in [-0.2, 0) is 22.5 Å². The lowest BCUT2D eigenvalue weighted by Crippen LogP contribution is -2.09. The number of hydrogen-bond acceptors (Lipinski definition) is 4. The molecule has 0 aliphatic carbocycles. The minimum absolute atomic E-state index is 0.245.